The lowest BCUT2D eigenvalue weighted by atomic mass is 9.86. The first kappa shape index (κ1) is 18.0. The van der Waals surface area contributed by atoms with Gasteiger partial charge in [0.2, 0.25) is 0 Å². The van der Waals surface area contributed by atoms with E-state index in [-0.39, 0.29) is 5.92 Å². The molecule has 0 spiro atoms. The zero-order chi connectivity index (χ0) is 18.4. The molecule has 3 rings (SSSR count). The van der Waals surface area contributed by atoms with Crippen molar-refractivity contribution in [2.75, 3.05) is 0 Å². The van der Waals surface area contributed by atoms with Crippen LogP contribution >= 0.6 is 0 Å². The molecule has 2 aromatic rings. The van der Waals surface area contributed by atoms with E-state index < -0.39 is 24.0 Å². The molecule has 1 N–H and O–H groups in total. The van der Waals surface area contributed by atoms with Gasteiger partial charge in [-0.3, -0.25) is 5.10 Å². The molecule has 1 aliphatic rings. The number of nitrogens with one attached hydrogen (secondary N) is 1. The maximum atomic E-state index is 15.0. The normalized spacial score (nSPS) is 19.8. The number of hydrogen-bond acceptors (Lipinski definition) is 4. The summed E-state index contributed by atoms with van der Waals surface area (Å²) >= 11 is 0. The Morgan fingerprint density at radius 3 is 2.40 bits per heavy atom. The fraction of sp³-hybridized carbons (Fsp3) is 0.500. The van der Waals surface area contributed by atoms with Crippen molar-refractivity contribution in [2.45, 2.75) is 58.7 Å². The summed E-state index contributed by atoms with van der Waals surface area (Å²) in [6.07, 6.45) is 4.60. The number of H-pyrrole nitrogens is 1. The number of rotatable bonds is 4. The van der Waals surface area contributed by atoms with E-state index in [1.807, 2.05) is 41.5 Å². The number of hydrogen-bond donors (Lipinski definition) is 1. The lowest BCUT2D eigenvalue weighted by Gasteiger charge is -2.32. The molecule has 0 saturated carbocycles. The van der Waals surface area contributed by atoms with Crippen LogP contribution in [0.2, 0.25) is 0 Å². The Balaban J connectivity index is 1.99. The molecule has 1 aliphatic heterocycles. The van der Waals surface area contributed by atoms with Crippen molar-refractivity contribution < 1.29 is 18.1 Å². The van der Waals surface area contributed by atoms with Crippen LogP contribution in [0.15, 0.2) is 28.7 Å². The lowest BCUT2D eigenvalue weighted by Crippen LogP contribution is -2.41. The molecular weight excluding hydrogens is 322 g/mol. The van der Waals surface area contributed by atoms with Gasteiger partial charge in [-0.1, -0.05) is 13.8 Å². The number of furan rings is 1. The first-order valence-corrected chi connectivity index (χ1v) is 8.46. The number of halogens is 1. The molecule has 5 nitrogen and oxygen atoms in total. The Kier molecular flexibility index (Phi) is 4.41. The Morgan fingerprint density at radius 1 is 1.24 bits per heavy atom. The summed E-state index contributed by atoms with van der Waals surface area (Å²) < 4.78 is 31.7. The molecule has 1 saturated heterocycles. The average Bonchev–Trinajstić information content (AvgIpc) is 3.17. The SMILES string of the molecule is CC(C)c1[nH]nc(-c2ccoc2)c1C=C(F)B1OC(C)(C)C(C)(C)O1. The molecule has 134 valence electrons. The third kappa shape index (κ3) is 3.18. The summed E-state index contributed by atoms with van der Waals surface area (Å²) in [6.45, 7) is 11.6. The van der Waals surface area contributed by atoms with Crippen molar-refractivity contribution in [1.29, 1.82) is 0 Å². The predicted octanol–water partition coefficient (Wildman–Crippen LogP) is 4.73. The maximum Gasteiger partial charge on any atom is 0.525 e. The van der Waals surface area contributed by atoms with E-state index >= 15 is 0 Å². The Morgan fingerprint density at radius 2 is 1.88 bits per heavy atom. The molecule has 0 aromatic carbocycles. The summed E-state index contributed by atoms with van der Waals surface area (Å²) in [5.74, 6) is 0.158. The predicted molar refractivity (Wildman–Crippen MR) is 95.5 cm³/mol. The fourth-order valence-corrected chi connectivity index (χ4v) is 2.73. The third-order valence-corrected chi connectivity index (χ3v) is 4.97. The summed E-state index contributed by atoms with van der Waals surface area (Å²) in [7, 11) is -1.03. The van der Waals surface area contributed by atoms with Gasteiger partial charge in [-0.2, -0.15) is 5.10 Å². The number of nitrogens with zero attached hydrogens (tertiary/aromatic N) is 1. The second kappa shape index (κ2) is 6.14. The quantitative estimate of drug-likeness (QED) is 0.813. The smallest absolute Gasteiger partial charge is 0.472 e. The monoisotopic (exact) mass is 346 g/mol. The first-order chi connectivity index (χ1) is 11.6. The van der Waals surface area contributed by atoms with Crippen LogP contribution in [-0.2, 0) is 9.31 Å². The minimum Gasteiger partial charge on any atom is -0.472 e. The van der Waals surface area contributed by atoms with Crippen LogP contribution in [-0.4, -0.2) is 28.5 Å². The third-order valence-electron chi connectivity index (χ3n) is 4.97. The topological polar surface area (TPSA) is 60.3 Å². The van der Waals surface area contributed by atoms with Gasteiger partial charge in [0, 0.05) is 16.8 Å². The van der Waals surface area contributed by atoms with Crippen LogP contribution in [0.25, 0.3) is 17.3 Å². The molecular formula is C18H24BFN2O3. The Hall–Kier alpha value is -1.86. The molecule has 0 amide bonds. The van der Waals surface area contributed by atoms with Crippen molar-refractivity contribution in [3.63, 3.8) is 0 Å². The molecule has 7 heteroatoms. The van der Waals surface area contributed by atoms with Gasteiger partial charge in [-0.15, -0.1) is 0 Å². The highest BCUT2D eigenvalue weighted by Gasteiger charge is 2.53. The molecule has 0 atom stereocenters. The van der Waals surface area contributed by atoms with Crippen LogP contribution in [0, 0.1) is 0 Å². The van der Waals surface area contributed by atoms with Gasteiger partial charge in [-0.25, -0.2) is 4.39 Å². The minimum atomic E-state index is -1.03. The van der Waals surface area contributed by atoms with Crippen LogP contribution in [0.4, 0.5) is 4.39 Å². The zero-order valence-electron chi connectivity index (χ0n) is 15.5. The maximum absolute atomic E-state index is 15.0. The lowest BCUT2D eigenvalue weighted by molar-refractivity contribution is 0.00578. The second-order valence-corrected chi connectivity index (χ2v) is 7.68. The zero-order valence-corrected chi connectivity index (χ0v) is 15.5. The average molecular weight is 346 g/mol. The molecule has 0 aliphatic carbocycles. The van der Waals surface area contributed by atoms with Crippen molar-refractivity contribution in [2.24, 2.45) is 0 Å². The number of aromatic amines is 1. The largest absolute Gasteiger partial charge is 0.525 e. The minimum absolute atomic E-state index is 0.158. The molecule has 25 heavy (non-hydrogen) atoms. The van der Waals surface area contributed by atoms with Crippen LogP contribution < -0.4 is 0 Å². The van der Waals surface area contributed by atoms with Crippen LogP contribution in [0.1, 0.15) is 58.7 Å². The summed E-state index contributed by atoms with van der Waals surface area (Å²) in [4.78, 5) is 0. The van der Waals surface area contributed by atoms with Crippen LogP contribution in [0.5, 0.6) is 0 Å². The Bertz CT molecular complexity index is 762. The van der Waals surface area contributed by atoms with Gasteiger partial charge in [0.25, 0.3) is 0 Å². The van der Waals surface area contributed by atoms with Crippen molar-refractivity contribution >= 4 is 13.2 Å². The molecule has 1 fully saturated rings. The summed E-state index contributed by atoms with van der Waals surface area (Å²) in [5, 5.41) is 7.34. The second-order valence-electron chi connectivity index (χ2n) is 7.68. The van der Waals surface area contributed by atoms with Crippen molar-refractivity contribution in [3.05, 3.63) is 35.6 Å². The summed E-state index contributed by atoms with van der Waals surface area (Å²) in [5.41, 5.74) is 1.31. The van der Waals surface area contributed by atoms with Gasteiger partial charge in [0.15, 0.2) is 0 Å². The highest BCUT2D eigenvalue weighted by Crippen LogP contribution is 2.40. The molecule has 0 unspecified atom stereocenters. The summed E-state index contributed by atoms with van der Waals surface area (Å²) in [6, 6.07) is 1.80. The molecule has 3 heterocycles. The van der Waals surface area contributed by atoms with Gasteiger partial charge >= 0.3 is 7.12 Å². The fourth-order valence-electron chi connectivity index (χ4n) is 2.73. The van der Waals surface area contributed by atoms with E-state index in [0.29, 0.717) is 11.3 Å². The number of aromatic nitrogens is 2. The van der Waals surface area contributed by atoms with E-state index in [9.17, 15) is 4.39 Å². The Labute approximate surface area is 147 Å². The highest BCUT2D eigenvalue weighted by molar-refractivity contribution is 6.54. The van der Waals surface area contributed by atoms with E-state index in [1.165, 1.54) is 6.08 Å². The van der Waals surface area contributed by atoms with Gasteiger partial charge < -0.3 is 13.7 Å². The standard InChI is InChI=1S/C18H24BFN2O3/c1-11(2)15-13(16(22-21-15)12-7-8-23-10-12)9-14(20)19-24-17(3,4)18(5,6)25-19/h7-11H,1-6H3,(H,21,22). The molecule has 0 radical (unpaired) electrons. The van der Waals surface area contributed by atoms with Crippen molar-refractivity contribution in [1.82, 2.24) is 10.2 Å². The van der Waals surface area contributed by atoms with Gasteiger partial charge in [0.05, 0.1) is 23.7 Å². The highest BCUT2D eigenvalue weighted by atomic mass is 19.1. The van der Waals surface area contributed by atoms with E-state index in [4.69, 9.17) is 13.7 Å². The van der Waals surface area contributed by atoms with Gasteiger partial charge in [0.1, 0.15) is 11.4 Å². The van der Waals surface area contributed by atoms with E-state index in [0.717, 1.165) is 11.3 Å². The van der Waals surface area contributed by atoms with E-state index in [1.54, 1.807) is 18.6 Å². The first-order valence-electron chi connectivity index (χ1n) is 8.46. The van der Waals surface area contributed by atoms with Crippen molar-refractivity contribution in [3.8, 4) is 11.3 Å². The van der Waals surface area contributed by atoms with Gasteiger partial charge in [-0.05, 0) is 45.8 Å². The molecule has 0 bridgehead atoms. The molecule has 2 aromatic heterocycles. The van der Waals surface area contributed by atoms with E-state index in [2.05, 4.69) is 10.2 Å². The van der Waals surface area contributed by atoms with Crippen LogP contribution in [0.3, 0.4) is 0 Å².